The summed E-state index contributed by atoms with van der Waals surface area (Å²) in [5, 5.41) is 3.87. The van der Waals surface area contributed by atoms with Crippen molar-refractivity contribution >= 4 is 43.9 Å². The van der Waals surface area contributed by atoms with Gasteiger partial charge in [-0.15, -0.1) is 0 Å². The fraction of sp³-hybridized carbons (Fsp3) is 0.125. The predicted octanol–water partition coefficient (Wildman–Crippen LogP) is 4.92. The quantitative estimate of drug-likeness (QED) is 0.418. The van der Waals surface area contributed by atoms with Gasteiger partial charge in [0.15, 0.2) is 9.84 Å². The number of para-hydroxylation sites is 3. The lowest BCUT2D eigenvalue weighted by atomic mass is 10.2. The van der Waals surface area contributed by atoms with Gasteiger partial charge in [0.2, 0.25) is 5.91 Å². The molecule has 8 heteroatoms. The molecule has 1 amide bonds. The number of ether oxygens (including phenoxy) is 1. The molecule has 0 aliphatic heterocycles. The smallest absolute Gasteiger partial charge is 0.244 e. The molecule has 0 aliphatic rings. The number of carbonyl (C=O) groups is 1. The molecule has 0 bridgehead atoms. The summed E-state index contributed by atoms with van der Waals surface area (Å²) in [4.78, 5) is 12.9. The highest BCUT2D eigenvalue weighted by Crippen LogP contribution is 2.29. The number of nitrogens with zero attached hydrogens (tertiary/aromatic N) is 1. The third-order valence-corrected chi connectivity index (χ3v) is 6.97. The van der Waals surface area contributed by atoms with Gasteiger partial charge in [-0.05, 0) is 35.9 Å². The molecule has 0 spiro atoms. The molecule has 0 aliphatic carbocycles. The van der Waals surface area contributed by atoms with E-state index in [0.717, 1.165) is 0 Å². The Bertz CT molecular complexity index is 1400. The Balaban J connectivity index is 1.65. The third-order valence-electron chi connectivity index (χ3n) is 5.03. The number of benzene rings is 3. The molecule has 32 heavy (non-hydrogen) atoms. The van der Waals surface area contributed by atoms with E-state index in [9.17, 15) is 13.2 Å². The standard InChI is InChI=1S/C24H21ClN2O4S/c1-31-22-12-5-3-10-20(22)26-24(28)15-27-14-23(19-9-2-4-11-21(19)27)32(29,30)16-17-7-6-8-18(25)13-17/h2-14H,15-16H2,1H3,(H,26,28). The molecule has 6 nitrogen and oxygen atoms in total. The van der Waals surface area contributed by atoms with Gasteiger partial charge in [0, 0.05) is 22.1 Å². The zero-order chi connectivity index (χ0) is 22.7. The SMILES string of the molecule is COc1ccccc1NC(=O)Cn1cc(S(=O)(=O)Cc2cccc(Cl)c2)c2ccccc21. The van der Waals surface area contributed by atoms with Crippen molar-refractivity contribution in [3.05, 3.63) is 89.6 Å². The van der Waals surface area contributed by atoms with Crippen LogP contribution in [0.3, 0.4) is 0 Å². The van der Waals surface area contributed by atoms with E-state index in [0.29, 0.717) is 32.9 Å². The number of aromatic nitrogens is 1. The fourth-order valence-corrected chi connectivity index (χ4v) is 5.39. The van der Waals surface area contributed by atoms with Gasteiger partial charge in [-0.1, -0.05) is 54.1 Å². The molecule has 4 aromatic rings. The second-order valence-electron chi connectivity index (χ2n) is 7.28. The number of carbonyl (C=O) groups excluding carboxylic acids is 1. The molecule has 1 aromatic heterocycles. The molecule has 164 valence electrons. The second kappa shape index (κ2) is 9.06. The number of methoxy groups -OCH3 is 1. The van der Waals surface area contributed by atoms with Crippen molar-refractivity contribution in [3.63, 3.8) is 0 Å². The van der Waals surface area contributed by atoms with Crippen LogP contribution >= 0.6 is 11.6 Å². The van der Waals surface area contributed by atoms with E-state index in [1.54, 1.807) is 65.2 Å². The van der Waals surface area contributed by atoms with Gasteiger partial charge < -0.3 is 14.6 Å². The number of rotatable bonds is 7. The lowest BCUT2D eigenvalue weighted by molar-refractivity contribution is -0.116. The average Bonchev–Trinajstić information content (AvgIpc) is 3.13. The Morgan fingerprint density at radius 3 is 2.56 bits per heavy atom. The molecule has 0 fully saturated rings. The van der Waals surface area contributed by atoms with Crippen LogP contribution in [0.4, 0.5) is 5.69 Å². The van der Waals surface area contributed by atoms with Crippen molar-refractivity contribution in [2.75, 3.05) is 12.4 Å². The summed E-state index contributed by atoms with van der Waals surface area (Å²) < 4.78 is 33.4. The van der Waals surface area contributed by atoms with Crippen LogP contribution in [-0.2, 0) is 26.9 Å². The van der Waals surface area contributed by atoms with Gasteiger partial charge in [-0.2, -0.15) is 0 Å². The van der Waals surface area contributed by atoms with Crippen molar-refractivity contribution in [1.29, 1.82) is 0 Å². The zero-order valence-electron chi connectivity index (χ0n) is 17.3. The molecule has 0 unspecified atom stereocenters. The van der Waals surface area contributed by atoms with Gasteiger partial charge in [0.1, 0.15) is 12.3 Å². The first-order valence-electron chi connectivity index (χ1n) is 9.85. The minimum Gasteiger partial charge on any atom is -0.495 e. The Labute approximate surface area is 191 Å². The van der Waals surface area contributed by atoms with E-state index < -0.39 is 9.84 Å². The normalized spacial score (nSPS) is 11.4. The minimum atomic E-state index is -3.67. The highest BCUT2D eigenvalue weighted by Gasteiger charge is 2.22. The lowest BCUT2D eigenvalue weighted by Crippen LogP contribution is -2.18. The van der Waals surface area contributed by atoms with Crippen molar-refractivity contribution < 1.29 is 17.9 Å². The van der Waals surface area contributed by atoms with Gasteiger partial charge in [-0.3, -0.25) is 4.79 Å². The monoisotopic (exact) mass is 468 g/mol. The van der Waals surface area contributed by atoms with E-state index in [4.69, 9.17) is 16.3 Å². The van der Waals surface area contributed by atoms with E-state index in [-0.39, 0.29) is 23.1 Å². The Kier molecular flexibility index (Phi) is 6.21. The van der Waals surface area contributed by atoms with Gasteiger partial charge in [0.05, 0.1) is 23.4 Å². The molecule has 1 heterocycles. The van der Waals surface area contributed by atoms with Crippen molar-refractivity contribution in [1.82, 2.24) is 4.57 Å². The third kappa shape index (κ3) is 4.64. The number of sulfone groups is 1. The molecule has 0 radical (unpaired) electrons. The van der Waals surface area contributed by atoms with Crippen LogP contribution in [0.2, 0.25) is 5.02 Å². The maximum Gasteiger partial charge on any atom is 0.244 e. The Morgan fingerprint density at radius 1 is 1.03 bits per heavy atom. The molecular weight excluding hydrogens is 448 g/mol. The van der Waals surface area contributed by atoms with E-state index in [1.807, 2.05) is 12.1 Å². The fourth-order valence-electron chi connectivity index (χ4n) is 3.61. The summed E-state index contributed by atoms with van der Waals surface area (Å²) >= 11 is 6.01. The first kappa shape index (κ1) is 21.9. The summed E-state index contributed by atoms with van der Waals surface area (Å²) in [6.07, 6.45) is 1.52. The first-order valence-corrected chi connectivity index (χ1v) is 11.9. The van der Waals surface area contributed by atoms with Crippen LogP contribution in [-0.4, -0.2) is 26.0 Å². The van der Waals surface area contributed by atoms with Crippen molar-refractivity contribution in [3.8, 4) is 5.75 Å². The van der Waals surface area contributed by atoms with Crippen LogP contribution in [0.25, 0.3) is 10.9 Å². The minimum absolute atomic E-state index is 0.0504. The molecule has 0 atom stereocenters. The number of fused-ring (bicyclic) bond motifs is 1. The lowest BCUT2D eigenvalue weighted by Gasteiger charge is -2.10. The van der Waals surface area contributed by atoms with Crippen molar-refractivity contribution in [2.45, 2.75) is 17.2 Å². The largest absolute Gasteiger partial charge is 0.495 e. The number of hydrogen-bond acceptors (Lipinski definition) is 4. The Morgan fingerprint density at radius 2 is 1.78 bits per heavy atom. The molecule has 4 rings (SSSR count). The maximum absolute atomic E-state index is 13.2. The maximum atomic E-state index is 13.2. The van der Waals surface area contributed by atoms with Gasteiger partial charge >= 0.3 is 0 Å². The van der Waals surface area contributed by atoms with E-state index in [2.05, 4.69) is 5.32 Å². The molecule has 0 saturated carbocycles. The molecule has 1 N–H and O–H groups in total. The van der Waals surface area contributed by atoms with Crippen LogP contribution in [0.5, 0.6) is 5.75 Å². The highest BCUT2D eigenvalue weighted by molar-refractivity contribution is 7.90. The summed E-state index contributed by atoms with van der Waals surface area (Å²) in [5.74, 6) is 0.0617. The van der Waals surface area contributed by atoms with Crippen LogP contribution in [0, 0.1) is 0 Å². The highest BCUT2D eigenvalue weighted by atomic mass is 35.5. The molecule has 3 aromatic carbocycles. The van der Waals surface area contributed by atoms with Crippen LogP contribution in [0.1, 0.15) is 5.56 Å². The predicted molar refractivity (Wildman–Crippen MR) is 126 cm³/mol. The van der Waals surface area contributed by atoms with Crippen LogP contribution < -0.4 is 10.1 Å². The second-order valence-corrected chi connectivity index (χ2v) is 9.67. The average molecular weight is 469 g/mol. The number of nitrogens with one attached hydrogen (secondary N) is 1. The Hall–Kier alpha value is -3.29. The number of halogens is 1. The number of anilines is 1. The topological polar surface area (TPSA) is 77.4 Å². The molecular formula is C24H21ClN2O4S. The van der Waals surface area contributed by atoms with Gasteiger partial charge in [0.25, 0.3) is 0 Å². The number of hydrogen-bond donors (Lipinski definition) is 1. The zero-order valence-corrected chi connectivity index (χ0v) is 18.9. The van der Waals surface area contributed by atoms with Crippen LogP contribution in [0.15, 0.2) is 83.9 Å². The van der Waals surface area contributed by atoms with E-state index >= 15 is 0 Å². The van der Waals surface area contributed by atoms with Gasteiger partial charge in [-0.25, -0.2) is 8.42 Å². The summed E-state index contributed by atoms with van der Waals surface area (Å²) in [5.41, 5.74) is 1.81. The first-order chi connectivity index (χ1) is 15.4. The summed E-state index contributed by atoms with van der Waals surface area (Å²) in [7, 11) is -2.14. The molecule has 0 saturated heterocycles. The summed E-state index contributed by atoms with van der Waals surface area (Å²) in [6, 6.07) is 21.0. The number of amides is 1. The van der Waals surface area contributed by atoms with E-state index in [1.165, 1.54) is 13.3 Å². The van der Waals surface area contributed by atoms with Crippen molar-refractivity contribution in [2.24, 2.45) is 0 Å². The summed E-state index contributed by atoms with van der Waals surface area (Å²) in [6.45, 7) is -0.0504.